The zero-order valence-corrected chi connectivity index (χ0v) is 27.4. The number of hydrogen-bond acceptors (Lipinski definition) is 11. The molecule has 2 aromatic carbocycles. The molecule has 2 atom stereocenters. The molecule has 272 valence electrons. The van der Waals surface area contributed by atoms with Gasteiger partial charge in [-0.05, 0) is 42.7 Å². The molecule has 21 heteroatoms. The van der Waals surface area contributed by atoms with Gasteiger partial charge in [-0.3, -0.25) is 29.1 Å². The summed E-state index contributed by atoms with van der Waals surface area (Å²) in [7, 11) is -1.97. The van der Waals surface area contributed by atoms with E-state index in [2.05, 4.69) is 20.9 Å². The average molecular weight is 745 g/mol. The van der Waals surface area contributed by atoms with Crippen LogP contribution in [0.1, 0.15) is 44.3 Å². The van der Waals surface area contributed by atoms with Crippen LogP contribution in [0.4, 0.5) is 13.6 Å². The number of imide groups is 1. The smallest absolute Gasteiger partial charge is 0.534 e. The second-order valence-electron chi connectivity index (χ2n) is 11.5. The van der Waals surface area contributed by atoms with Crippen molar-refractivity contribution in [2.75, 3.05) is 26.2 Å². The van der Waals surface area contributed by atoms with Crippen molar-refractivity contribution in [3.63, 3.8) is 0 Å². The number of benzene rings is 2. The average Bonchev–Trinajstić information content (AvgIpc) is 3.11. The molecule has 0 radical (unpaired) electrons. The van der Waals surface area contributed by atoms with Crippen LogP contribution in [0.15, 0.2) is 42.7 Å². The molecular formula is C31H28BClF2N6O11. The Labute approximate surface area is 297 Å². The summed E-state index contributed by atoms with van der Waals surface area (Å²) in [4.78, 5) is 82.2. The minimum absolute atomic E-state index is 0.0373. The maximum atomic E-state index is 14.6. The zero-order chi connectivity index (χ0) is 37.9. The third kappa shape index (κ3) is 7.66. The molecule has 5 rings (SSSR count). The van der Waals surface area contributed by atoms with Crippen molar-refractivity contribution in [1.29, 1.82) is 0 Å². The SMILES string of the molecule is O=C(NCCCN1CCN(C(=O)NC(C(=O)NC2Cc3ccc(F)c(C(=O)O)c3OB2O)c2cc(F)c(O)c(O)c2Cl)C(=O)C1=O)c1cccnc1. The molecule has 2 aliphatic rings. The first kappa shape index (κ1) is 37.2. The number of carbonyl (C=O) groups is 6. The first-order chi connectivity index (χ1) is 24.7. The lowest BCUT2D eigenvalue weighted by Gasteiger charge is -2.34. The number of nitrogens with zero attached hydrogens (tertiary/aromatic N) is 3. The van der Waals surface area contributed by atoms with Gasteiger partial charge >= 0.3 is 30.9 Å². The number of pyridine rings is 1. The predicted molar refractivity (Wildman–Crippen MR) is 173 cm³/mol. The highest BCUT2D eigenvalue weighted by molar-refractivity contribution is 6.47. The van der Waals surface area contributed by atoms with Crippen molar-refractivity contribution in [2.45, 2.75) is 24.8 Å². The predicted octanol–water partition coefficient (Wildman–Crippen LogP) is 0.504. The minimum atomic E-state index is -2.05. The summed E-state index contributed by atoms with van der Waals surface area (Å²) >= 11 is 6.12. The van der Waals surface area contributed by atoms with Gasteiger partial charge in [0.15, 0.2) is 17.3 Å². The normalized spacial score (nSPS) is 16.1. The van der Waals surface area contributed by atoms with Gasteiger partial charge in [0.25, 0.3) is 5.91 Å². The number of carboxylic acids is 1. The van der Waals surface area contributed by atoms with Gasteiger partial charge in [0.05, 0.1) is 16.5 Å². The van der Waals surface area contributed by atoms with E-state index < -0.39 is 99.8 Å². The molecule has 2 unspecified atom stereocenters. The maximum Gasteiger partial charge on any atom is 0.547 e. The van der Waals surface area contributed by atoms with E-state index in [4.69, 9.17) is 16.3 Å². The number of carbonyl (C=O) groups excluding carboxylic acids is 5. The Kier molecular flexibility index (Phi) is 11.1. The molecule has 1 fully saturated rings. The zero-order valence-electron chi connectivity index (χ0n) is 26.6. The van der Waals surface area contributed by atoms with Crippen molar-refractivity contribution in [3.05, 3.63) is 81.6 Å². The summed E-state index contributed by atoms with van der Waals surface area (Å²) in [6, 6.07) is 2.29. The maximum absolute atomic E-state index is 14.6. The number of phenols is 2. The van der Waals surface area contributed by atoms with Crippen molar-refractivity contribution in [2.24, 2.45) is 0 Å². The Hall–Kier alpha value is -6.02. The Morgan fingerprint density at radius 3 is 2.52 bits per heavy atom. The van der Waals surface area contributed by atoms with E-state index in [1.807, 2.05) is 0 Å². The number of rotatable bonds is 10. The quantitative estimate of drug-likeness (QED) is 0.0650. The Balaban J connectivity index is 1.29. The molecular weight excluding hydrogens is 717 g/mol. The molecule has 2 aliphatic heterocycles. The molecule has 7 N–H and O–H groups in total. The fourth-order valence-electron chi connectivity index (χ4n) is 5.50. The van der Waals surface area contributed by atoms with Crippen molar-refractivity contribution in [3.8, 4) is 17.2 Å². The van der Waals surface area contributed by atoms with Crippen LogP contribution in [0.5, 0.6) is 17.2 Å². The van der Waals surface area contributed by atoms with Crippen LogP contribution in [0, 0.1) is 11.6 Å². The number of phenolic OH excluding ortho intramolecular Hbond substituents is 2. The number of aromatic hydroxyl groups is 2. The highest BCUT2D eigenvalue weighted by Gasteiger charge is 2.42. The van der Waals surface area contributed by atoms with Crippen molar-refractivity contribution >= 4 is 54.3 Å². The van der Waals surface area contributed by atoms with E-state index in [0.29, 0.717) is 16.5 Å². The van der Waals surface area contributed by atoms with Gasteiger partial charge in [-0.15, -0.1) is 0 Å². The summed E-state index contributed by atoms with van der Waals surface area (Å²) < 4.78 is 34.0. The summed E-state index contributed by atoms with van der Waals surface area (Å²) in [5.41, 5.74) is -1.08. The summed E-state index contributed by atoms with van der Waals surface area (Å²) in [6.45, 7) is -0.308. The number of nitrogens with one attached hydrogen (secondary N) is 3. The lowest BCUT2D eigenvalue weighted by Crippen LogP contribution is -2.60. The first-order valence-corrected chi connectivity index (χ1v) is 15.8. The summed E-state index contributed by atoms with van der Waals surface area (Å²) in [5.74, 6) is -12.6. The van der Waals surface area contributed by atoms with E-state index in [1.165, 1.54) is 12.4 Å². The number of hydrogen-bond donors (Lipinski definition) is 7. The fourth-order valence-corrected chi connectivity index (χ4v) is 5.75. The van der Waals surface area contributed by atoms with Crippen LogP contribution < -0.4 is 20.6 Å². The molecule has 6 amide bonds. The number of urea groups is 1. The molecule has 0 bridgehead atoms. The topological polar surface area (TPSA) is 248 Å². The number of fused-ring (bicyclic) bond motifs is 1. The van der Waals surface area contributed by atoms with E-state index in [9.17, 15) is 57.9 Å². The minimum Gasteiger partial charge on any atom is -0.534 e. The van der Waals surface area contributed by atoms with Crippen LogP contribution in [-0.2, 0) is 20.8 Å². The molecule has 3 heterocycles. The third-order valence-electron chi connectivity index (χ3n) is 8.16. The molecule has 1 aromatic heterocycles. The highest BCUT2D eigenvalue weighted by Crippen LogP contribution is 2.40. The first-order valence-electron chi connectivity index (χ1n) is 15.4. The number of aromatic carboxylic acids is 1. The Bertz CT molecular complexity index is 1960. The highest BCUT2D eigenvalue weighted by atomic mass is 35.5. The lowest BCUT2D eigenvalue weighted by molar-refractivity contribution is -0.153. The summed E-state index contributed by atoms with van der Waals surface area (Å²) in [5, 5.41) is 46.3. The lowest BCUT2D eigenvalue weighted by atomic mass is 9.72. The fraction of sp³-hybridized carbons (Fsp3) is 0.258. The van der Waals surface area contributed by atoms with Gasteiger partial charge in [0.1, 0.15) is 23.2 Å². The molecule has 0 aliphatic carbocycles. The monoisotopic (exact) mass is 744 g/mol. The van der Waals surface area contributed by atoms with Gasteiger partial charge in [0.2, 0.25) is 5.91 Å². The van der Waals surface area contributed by atoms with Gasteiger partial charge in [0, 0.05) is 44.1 Å². The number of amides is 6. The van der Waals surface area contributed by atoms with Crippen molar-refractivity contribution < 1.29 is 62.5 Å². The van der Waals surface area contributed by atoms with Gasteiger partial charge in [-0.2, -0.15) is 0 Å². The van der Waals surface area contributed by atoms with Crippen LogP contribution >= 0.6 is 11.6 Å². The molecule has 17 nitrogen and oxygen atoms in total. The van der Waals surface area contributed by atoms with E-state index in [1.54, 1.807) is 12.1 Å². The Morgan fingerprint density at radius 2 is 1.83 bits per heavy atom. The summed E-state index contributed by atoms with van der Waals surface area (Å²) in [6.07, 6.45) is 2.81. The van der Waals surface area contributed by atoms with Crippen LogP contribution in [0.25, 0.3) is 0 Å². The number of piperazine rings is 1. The van der Waals surface area contributed by atoms with Gasteiger partial charge < -0.3 is 45.8 Å². The molecule has 1 saturated heterocycles. The van der Waals surface area contributed by atoms with Crippen LogP contribution in [0.3, 0.4) is 0 Å². The second-order valence-corrected chi connectivity index (χ2v) is 11.9. The second kappa shape index (κ2) is 15.5. The standard InChI is InChI=1S/C31H28BClF2N6O11/c33-21-16(12-18(35)23(42)24(21)43)22(27(45)38-19-11-14-4-5-17(34)20(30(48)49)25(14)52-32(19)51)39-31(50)41-10-9-40(28(46)29(41)47)8-2-7-37-26(44)15-3-1-6-36-13-15/h1,3-6,12-13,19,22,42-43,51H,2,7-11H2,(H,37,44)(H,38,45)(H,39,50)(H,48,49). The molecule has 52 heavy (non-hydrogen) atoms. The Morgan fingerprint density at radius 1 is 1.08 bits per heavy atom. The van der Waals surface area contributed by atoms with Crippen LogP contribution in [0.2, 0.25) is 5.02 Å². The van der Waals surface area contributed by atoms with Crippen LogP contribution in [-0.4, -0.2) is 110 Å². The molecule has 0 spiro atoms. The molecule has 3 aromatic rings. The number of carboxylic acid groups (broad SMARTS) is 1. The van der Waals surface area contributed by atoms with E-state index in [-0.39, 0.29) is 44.6 Å². The van der Waals surface area contributed by atoms with Crippen molar-refractivity contribution in [1.82, 2.24) is 30.7 Å². The van der Waals surface area contributed by atoms with E-state index in [0.717, 1.165) is 17.0 Å². The van der Waals surface area contributed by atoms with Gasteiger partial charge in [-0.1, -0.05) is 17.7 Å². The largest absolute Gasteiger partial charge is 0.547 e. The number of aromatic nitrogens is 1. The number of halogens is 3. The van der Waals surface area contributed by atoms with E-state index >= 15 is 0 Å². The van der Waals surface area contributed by atoms with Gasteiger partial charge in [-0.25, -0.2) is 18.4 Å². The third-order valence-corrected chi connectivity index (χ3v) is 8.55. The molecule has 0 saturated carbocycles.